The molecule has 0 N–H and O–H groups in total. The highest BCUT2D eigenvalue weighted by molar-refractivity contribution is 7.90. The lowest BCUT2D eigenvalue weighted by atomic mass is 10.1. The van der Waals surface area contributed by atoms with Crippen molar-refractivity contribution in [3.05, 3.63) is 52.2 Å². The summed E-state index contributed by atoms with van der Waals surface area (Å²) >= 11 is 1.35. The van der Waals surface area contributed by atoms with E-state index >= 15 is 0 Å². The van der Waals surface area contributed by atoms with Gasteiger partial charge in [0.2, 0.25) is 0 Å². The molecule has 2 rings (SSSR count). The van der Waals surface area contributed by atoms with Crippen LogP contribution < -0.4 is 0 Å². The minimum Gasteiger partial charge on any atom is -0.289 e. The molecule has 0 bridgehead atoms. The Morgan fingerprint density at radius 1 is 1.29 bits per heavy atom. The van der Waals surface area contributed by atoms with Gasteiger partial charge in [-0.1, -0.05) is 12.1 Å². The Hall–Kier alpha value is -1.46. The maximum absolute atomic E-state index is 12.1. The quantitative estimate of drug-likeness (QED) is 0.799. The van der Waals surface area contributed by atoms with E-state index in [1.165, 1.54) is 23.5 Å². The summed E-state index contributed by atoms with van der Waals surface area (Å²) < 4.78 is 23.1. The third-order valence-electron chi connectivity index (χ3n) is 2.24. The molecule has 2 aromatic rings. The molecule has 0 saturated carbocycles. The summed E-state index contributed by atoms with van der Waals surface area (Å²) in [7, 11) is -3.40. The van der Waals surface area contributed by atoms with Gasteiger partial charge in [0.1, 0.15) is 0 Å². The van der Waals surface area contributed by atoms with Crippen LogP contribution in [0, 0.1) is 6.07 Å². The van der Waals surface area contributed by atoms with Crippen LogP contribution in [0.1, 0.15) is 15.9 Å². The molecule has 0 saturated heterocycles. The minimum absolute atomic E-state index is 0.0598. The third kappa shape index (κ3) is 2.45. The van der Waals surface area contributed by atoms with Gasteiger partial charge in [0.25, 0.3) is 0 Å². The summed E-state index contributed by atoms with van der Waals surface area (Å²) in [6.45, 7) is 0. The van der Waals surface area contributed by atoms with Crippen molar-refractivity contribution < 1.29 is 13.2 Å². The number of benzene rings is 1. The fourth-order valence-corrected chi connectivity index (χ4v) is 2.94. The first-order chi connectivity index (χ1) is 8.00. The molecule has 1 heterocycles. The van der Waals surface area contributed by atoms with Crippen LogP contribution in [0.25, 0.3) is 0 Å². The van der Waals surface area contributed by atoms with E-state index in [-0.39, 0.29) is 16.2 Å². The molecule has 0 aliphatic carbocycles. The molecule has 87 valence electrons. The van der Waals surface area contributed by atoms with Gasteiger partial charge in [0.15, 0.2) is 15.6 Å². The number of thiophene rings is 1. The SMILES string of the molecule is CS(=O)(=O)c1ccccc1C(=O)c1[c]csc1. The Morgan fingerprint density at radius 3 is 2.59 bits per heavy atom. The van der Waals surface area contributed by atoms with Crippen LogP contribution in [0.15, 0.2) is 39.9 Å². The van der Waals surface area contributed by atoms with Crippen molar-refractivity contribution in [2.75, 3.05) is 6.26 Å². The average Bonchev–Trinajstić information content (AvgIpc) is 2.80. The molecule has 5 heteroatoms. The molecule has 1 aromatic carbocycles. The van der Waals surface area contributed by atoms with Crippen molar-refractivity contribution in [2.24, 2.45) is 0 Å². The minimum atomic E-state index is -3.40. The number of rotatable bonds is 3. The maximum Gasteiger partial charge on any atom is 0.195 e. The zero-order chi connectivity index (χ0) is 12.5. The largest absolute Gasteiger partial charge is 0.289 e. The smallest absolute Gasteiger partial charge is 0.195 e. The Kier molecular flexibility index (Phi) is 3.13. The van der Waals surface area contributed by atoms with Crippen molar-refractivity contribution >= 4 is 27.0 Å². The Balaban J connectivity index is 2.58. The van der Waals surface area contributed by atoms with Gasteiger partial charge in [0, 0.05) is 28.8 Å². The molecule has 0 spiro atoms. The highest BCUT2D eigenvalue weighted by Gasteiger charge is 2.19. The highest BCUT2D eigenvalue weighted by atomic mass is 32.2. The van der Waals surface area contributed by atoms with E-state index in [9.17, 15) is 13.2 Å². The predicted molar refractivity (Wildman–Crippen MR) is 66.1 cm³/mol. The second-order valence-corrected chi connectivity index (χ2v) is 6.25. The van der Waals surface area contributed by atoms with Crippen molar-refractivity contribution in [3.8, 4) is 0 Å². The zero-order valence-electron chi connectivity index (χ0n) is 9.01. The van der Waals surface area contributed by atoms with Crippen molar-refractivity contribution in [1.29, 1.82) is 0 Å². The Labute approximate surface area is 104 Å². The first-order valence-corrected chi connectivity index (χ1v) is 7.61. The fourth-order valence-electron chi connectivity index (χ4n) is 1.48. The van der Waals surface area contributed by atoms with E-state index < -0.39 is 9.84 Å². The standard InChI is InChI=1S/C12H9O3S2/c1-17(14,15)11-5-3-2-4-10(11)12(13)9-6-7-16-8-9/h2-5,7-8H,1H3. The molecule has 0 aliphatic heterocycles. The molecule has 3 nitrogen and oxygen atoms in total. The number of hydrogen-bond donors (Lipinski definition) is 0. The maximum atomic E-state index is 12.1. The van der Waals surface area contributed by atoms with Crippen LogP contribution >= 0.6 is 11.3 Å². The van der Waals surface area contributed by atoms with E-state index in [1.807, 2.05) is 0 Å². The molecule has 0 amide bonds. The topological polar surface area (TPSA) is 51.2 Å². The monoisotopic (exact) mass is 265 g/mol. The summed E-state index contributed by atoms with van der Waals surface area (Å²) in [5, 5.41) is 3.32. The van der Waals surface area contributed by atoms with E-state index in [1.54, 1.807) is 22.9 Å². The summed E-state index contributed by atoms with van der Waals surface area (Å²) in [5.41, 5.74) is 0.593. The van der Waals surface area contributed by atoms with E-state index in [2.05, 4.69) is 6.07 Å². The van der Waals surface area contributed by atoms with Gasteiger partial charge in [-0.25, -0.2) is 8.42 Å². The van der Waals surface area contributed by atoms with Crippen molar-refractivity contribution in [2.45, 2.75) is 4.90 Å². The fraction of sp³-hybridized carbons (Fsp3) is 0.0833. The molecular formula is C12H9O3S2. The van der Waals surface area contributed by atoms with Gasteiger partial charge in [0.05, 0.1) is 4.90 Å². The van der Waals surface area contributed by atoms with Crippen LogP contribution in [0.4, 0.5) is 0 Å². The highest BCUT2D eigenvalue weighted by Crippen LogP contribution is 2.19. The second kappa shape index (κ2) is 4.43. The molecular weight excluding hydrogens is 256 g/mol. The van der Waals surface area contributed by atoms with Gasteiger partial charge in [-0.05, 0) is 17.5 Å². The summed E-state index contributed by atoms with van der Waals surface area (Å²) in [5.74, 6) is -0.313. The number of sulfone groups is 1. The molecule has 1 radical (unpaired) electrons. The lowest BCUT2D eigenvalue weighted by Gasteiger charge is -2.05. The molecule has 0 unspecified atom stereocenters. The van der Waals surface area contributed by atoms with E-state index in [0.29, 0.717) is 5.56 Å². The van der Waals surface area contributed by atoms with E-state index in [0.717, 1.165) is 6.26 Å². The van der Waals surface area contributed by atoms with Crippen LogP contribution in [-0.4, -0.2) is 20.5 Å². The first kappa shape index (κ1) is 12.0. The van der Waals surface area contributed by atoms with Crippen LogP contribution in [-0.2, 0) is 9.84 Å². The van der Waals surface area contributed by atoms with Gasteiger partial charge in [-0.3, -0.25) is 4.79 Å². The Bertz CT molecular complexity index is 640. The van der Waals surface area contributed by atoms with Gasteiger partial charge in [-0.15, -0.1) is 0 Å². The lowest BCUT2D eigenvalue weighted by molar-refractivity contribution is 0.103. The molecule has 0 fully saturated rings. The lowest BCUT2D eigenvalue weighted by Crippen LogP contribution is -2.08. The van der Waals surface area contributed by atoms with Crippen molar-refractivity contribution in [1.82, 2.24) is 0 Å². The predicted octanol–water partition coefficient (Wildman–Crippen LogP) is 2.18. The van der Waals surface area contributed by atoms with E-state index in [4.69, 9.17) is 0 Å². The number of carbonyl (C=O) groups is 1. The van der Waals surface area contributed by atoms with Crippen molar-refractivity contribution in [3.63, 3.8) is 0 Å². The number of carbonyl (C=O) groups excluding carboxylic acids is 1. The summed E-state index contributed by atoms with van der Waals surface area (Å²) in [6.07, 6.45) is 1.09. The average molecular weight is 265 g/mol. The first-order valence-electron chi connectivity index (χ1n) is 4.78. The van der Waals surface area contributed by atoms with Gasteiger partial charge < -0.3 is 0 Å². The van der Waals surface area contributed by atoms with Crippen LogP contribution in [0.2, 0.25) is 0 Å². The van der Waals surface area contributed by atoms with Crippen LogP contribution in [0.5, 0.6) is 0 Å². The number of ketones is 1. The molecule has 0 aliphatic rings. The zero-order valence-corrected chi connectivity index (χ0v) is 10.6. The molecule has 1 aromatic heterocycles. The van der Waals surface area contributed by atoms with Crippen LogP contribution in [0.3, 0.4) is 0 Å². The van der Waals surface area contributed by atoms with Gasteiger partial charge >= 0.3 is 0 Å². The summed E-state index contributed by atoms with van der Waals surface area (Å²) in [6, 6.07) is 8.99. The summed E-state index contributed by atoms with van der Waals surface area (Å²) in [4.78, 5) is 12.1. The normalized spacial score (nSPS) is 11.4. The number of hydrogen-bond acceptors (Lipinski definition) is 4. The van der Waals surface area contributed by atoms with Gasteiger partial charge in [-0.2, -0.15) is 11.3 Å². The second-order valence-electron chi connectivity index (χ2n) is 3.53. The molecule has 0 atom stereocenters. The molecule has 17 heavy (non-hydrogen) atoms. The Morgan fingerprint density at radius 2 is 2.00 bits per heavy atom. The third-order valence-corrected chi connectivity index (χ3v) is 4.02.